The van der Waals surface area contributed by atoms with E-state index in [4.69, 9.17) is 4.74 Å². The highest BCUT2D eigenvalue weighted by atomic mass is 79.9. The van der Waals surface area contributed by atoms with Crippen molar-refractivity contribution >= 4 is 33.0 Å². The van der Waals surface area contributed by atoms with Gasteiger partial charge < -0.3 is 4.74 Å². The van der Waals surface area contributed by atoms with Crippen molar-refractivity contribution in [1.82, 2.24) is 0 Å². The van der Waals surface area contributed by atoms with E-state index in [1.807, 2.05) is 31.2 Å². The Bertz CT molecular complexity index is 560. The first-order valence-electron chi connectivity index (χ1n) is 5.06. The van der Waals surface area contributed by atoms with Crippen molar-refractivity contribution in [3.05, 3.63) is 50.1 Å². The van der Waals surface area contributed by atoms with Crippen LogP contribution in [0.15, 0.2) is 34.1 Å². The Morgan fingerprint density at radius 2 is 2.06 bits per heavy atom. The van der Waals surface area contributed by atoms with Crippen LogP contribution in [0, 0.1) is 6.92 Å². The van der Waals surface area contributed by atoms with Gasteiger partial charge in [0.05, 0.1) is 15.8 Å². The molecule has 1 aromatic heterocycles. The van der Waals surface area contributed by atoms with Crippen molar-refractivity contribution in [3.63, 3.8) is 0 Å². The van der Waals surface area contributed by atoms with Crippen LogP contribution >= 0.6 is 27.3 Å². The van der Waals surface area contributed by atoms with Gasteiger partial charge >= 0.3 is 0 Å². The van der Waals surface area contributed by atoms with Crippen LogP contribution in [0.4, 0.5) is 0 Å². The lowest BCUT2D eigenvalue weighted by atomic mass is 10.1. The van der Waals surface area contributed by atoms with E-state index in [0.29, 0.717) is 5.56 Å². The number of ketones is 1. The monoisotopic (exact) mass is 310 g/mol. The number of hydrogen-bond donors (Lipinski definition) is 0. The zero-order valence-electron chi connectivity index (χ0n) is 9.49. The lowest BCUT2D eigenvalue weighted by molar-refractivity contribution is 0.104. The zero-order chi connectivity index (χ0) is 12.4. The molecule has 0 unspecified atom stereocenters. The molecule has 2 aromatic rings. The molecule has 0 atom stereocenters. The Morgan fingerprint density at radius 1 is 1.29 bits per heavy atom. The Labute approximate surface area is 112 Å². The third kappa shape index (κ3) is 2.58. The predicted octanol–water partition coefficient (Wildman–Crippen LogP) is 4.06. The topological polar surface area (TPSA) is 26.3 Å². The summed E-state index contributed by atoms with van der Waals surface area (Å²) in [6.45, 7) is 1.93. The number of methoxy groups -OCH3 is 1. The van der Waals surface area contributed by atoms with Gasteiger partial charge in [0.2, 0.25) is 5.78 Å². The highest BCUT2D eigenvalue weighted by molar-refractivity contribution is 9.11. The van der Waals surface area contributed by atoms with E-state index >= 15 is 0 Å². The molecule has 1 aromatic carbocycles. The average Bonchev–Trinajstić information content (AvgIpc) is 2.75. The maximum absolute atomic E-state index is 12.2. The quantitative estimate of drug-likeness (QED) is 0.799. The minimum Gasteiger partial charge on any atom is -0.496 e. The molecular formula is C13H11BrO2S. The van der Waals surface area contributed by atoms with Gasteiger partial charge in [0, 0.05) is 5.56 Å². The van der Waals surface area contributed by atoms with E-state index in [1.165, 1.54) is 11.3 Å². The van der Waals surface area contributed by atoms with E-state index in [2.05, 4.69) is 15.9 Å². The Balaban J connectivity index is 2.35. The number of carbonyl (C=O) groups excluding carboxylic acids is 1. The molecule has 17 heavy (non-hydrogen) atoms. The van der Waals surface area contributed by atoms with Gasteiger partial charge in [-0.2, -0.15) is 0 Å². The van der Waals surface area contributed by atoms with Crippen molar-refractivity contribution in [3.8, 4) is 5.75 Å². The number of aryl methyl sites for hydroxylation is 1. The Hall–Kier alpha value is -1.13. The van der Waals surface area contributed by atoms with E-state index in [1.54, 1.807) is 13.2 Å². The normalized spacial score (nSPS) is 10.3. The molecule has 0 aliphatic heterocycles. The van der Waals surface area contributed by atoms with E-state index in [-0.39, 0.29) is 5.78 Å². The van der Waals surface area contributed by atoms with Crippen LogP contribution in [0.2, 0.25) is 0 Å². The van der Waals surface area contributed by atoms with Crippen LogP contribution in [-0.2, 0) is 0 Å². The van der Waals surface area contributed by atoms with Gasteiger partial charge in [-0.15, -0.1) is 11.3 Å². The van der Waals surface area contributed by atoms with Crippen molar-refractivity contribution < 1.29 is 9.53 Å². The summed E-state index contributed by atoms with van der Waals surface area (Å²) in [6, 6.07) is 9.19. The number of ether oxygens (including phenoxy) is 1. The van der Waals surface area contributed by atoms with Crippen LogP contribution < -0.4 is 4.74 Å². The first-order chi connectivity index (χ1) is 8.11. The standard InChI is InChI=1S/C13H11BrO2S/c1-8-7-9(3-4-10(8)16-2)13(15)11-5-6-12(14)17-11/h3-7H,1-2H3. The minimum atomic E-state index is 0.0476. The summed E-state index contributed by atoms with van der Waals surface area (Å²) in [7, 11) is 1.63. The summed E-state index contributed by atoms with van der Waals surface area (Å²) in [4.78, 5) is 12.9. The Kier molecular flexibility index (Phi) is 3.64. The molecule has 0 spiro atoms. The van der Waals surface area contributed by atoms with Crippen molar-refractivity contribution in [2.75, 3.05) is 7.11 Å². The molecule has 0 N–H and O–H groups in total. The maximum Gasteiger partial charge on any atom is 0.202 e. The molecule has 0 bridgehead atoms. The van der Waals surface area contributed by atoms with Gasteiger partial charge in [-0.05, 0) is 58.7 Å². The summed E-state index contributed by atoms with van der Waals surface area (Å²) in [5, 5.41) is 0. The van der Waals surface area contributed by atoms with Gasteiger partial charge in [0.15, 0.2) is 0 Å². The SMILES string of the molecule is COc1ccc(C(=O)c2ccc(Br)s2)cc1C. The van der Waals surface area contributed by atoms with Crippen molar-refractivity contribution in [2.24, 2.45) is 0 Å². The van der Waals surface area contributed by atoms with E-state index < -0.39 is 0 Å². The summed E-state index contributed by atoms with van der Waals surface area (Å²) < 4.78 is 6.14. The first kappa shape index (κ1) is 12.3. The lowest BCUT2D eigenvalue weighted by Crippen LogP contribution is -1.99. The van der Waals surface area contributed by atoms with Crippen LogP contribution in [0.1, 0.15) is 20.8 Å². The summed E-state index contributed by atoms with van der Waals surface area (Å²) >= 11 is 4.80. The Morgan fingerprint density at radius 3 is 2.59 bits per heavy atom. The van der Waals surface area contributed by atoms with E-state index in [0.717, 1.165) is 20.0 Å². The second kappa shape index (κ2) is 5.02. The fourth-order valence-corrected chi connectivity index (χ4v) is 2.95. The fraction of sp³-hybridized carbons (Fsp3) is 0.154. The molecule has 0 aliphatic carbocycles. The summed E-state index contributed by atoms with van der Waals surface area (Å²) in [5.74, 6) is 0.848. The maximum atomic E-state index is 12.2. The number of carbonyl (C=O) groups is 1. The smallest absolute Gasteiger partial charge is 0.202 e. The fourth-order valence-electron chi connectivity index (χ4n) is 1.60. The molecular weight excluding hydrogens is 300 g/mol. The van der Waals surface area contributed by atoms with Gasteiger partial charge in [0.1, 0.15) is 5.75 Å². The molecule has 1 heterocycles. The predicted molar refractivity (Wildman–Crippen MR) is 73.2 cm³/mol. The molecule has 88 valence electrons. The second-order valence-corrected chi connectivity index (χ2v) is 6.08. The zero-order valence-corrected chi connectivity index (χ0v) is 11.9. The van der Waals surface area contributed by atoms with Crippen molar-refractivity contribution in [2.45, 2.75) is 6.92 Å². The second-order valence-electron chi connectivity index (χ2n) is 3.62. The van der Waals surface area contributed by atoms with Gasteiger partial charge in [-0.3, -0.25) is 4.79 Å². The largest absolute Gasteiger partial charge is 0.496 e. The first-order valence-corrected chi connectivity index (χ1v) is 6.67. The average molecular weight is 311 g/mol. The molecule has 0 saturated heterocycles. The number of benzene rings is 1. The molecule has 0 aliphatic rings. The number of rotatable bonds is 3. The number of hydrogen-bond acceptors (Lipinski definition) is 3. The molecule has 0 amide bonds. The summed E-state index contributed by atoms with van der Waals surface area (Å²) in [6.07, 6.45) is 0. The lowest BCUT2D eigenvalue weighted by Gasteiger charge is -2.05. The number of thiophene rings is 1. The van der Waals surface area contributed by atoms with Gasteiger partial charge in [-0.1, -0.05) is 0 Å². The third-order valence-electron chi connectivity index (χ3n) is 2.45. The number of halogens is 1. The molecule has 2 nitrogen and oxygen atoms in total. The van der Waals surface area contributed by atoms with Crippen LogP contribution in [0.25, 0.3) is 0 Å². The molecule has 0 saturated carbocycles. The van der Waals surface area contributed by atoms with Gasteiger partial charge in [-0.25, -0.2) is 0 Å². The summed E-state index contributed by atoms with van der Waals surface area (Å²) in [5.41, 5.74) is 1.66. The third-order valence-corrected chi connectivity index (χ3v) is 4.08. The van der Waals surface area contributed by atoms with Crippen LogP contribution in [0.3, 0.4) is 0 Å². The van der Waals surface area contributed by atoms with Gasteiger partial charge in [0.25, 0.3) is 0 Å². The minimum absolute atomic E-state index is 0.0476. The van der Waals surface area contributed by atoms with Crippen molar-refractivity contribution in [1.29, 1.82) is 0 Å². The highest BCUT2D eigenvalue weighted by Crippen LogP contribution is 2.26. The molecule has 2 rings (SSSR count). The molecule has 0 fully saturated rings. The van der Waals surface area contributed by atoms with Crippen LogP contribution in [0.5, 0.6) is 5.75 Å². The molecule has 0 radical (unpaired) electrons. The van der Waals surface area contributed by atoms with Crippen LogP contribution in [-0.4, -0.2) is 12.9 Å². The van der Waals surface area contributed by atoms with E-state index in [9.17, 15) is 4.79 Å². The highest BCUT2D eigenvalue weighted by Gasteiger charge is 2.12. The molecule has 4 heteroatoms.